The molecule has 0 amide bonds. The molecule has 4 nitrogen and oxygen atoms in total. The molecule has 2 heterocycles. The fraction of sp³-hybridized carbons (Fsp3) is 0.190. The molecule has 234 valence electrons. The SMILES string of the molecule is CCN1/C(=C/C=C2\CCC(/C=C/C(=O)c3ccc4ccccc4c3)=C2Sc2ccc3c(C)cc(=O)oc3c2)C(C)(C)c2ccccc21. The maximum atomic E-state index is 13.4. The van der Waals surface area contributed by atoms with E-state index in [1.165, 1.54) is 28.6 Å². The van der Waals surface area contributed by atoms with Crippen LogP contribution in [0.4, 0.5) is 5.69 Å². The minimum atomic E-state index is -0.346. The number of para-hydroxylation sites is 1. The van der Waals surface area contributed by atoms with E-state index in [0.717, 1.165) is 56.5 Å². The van der Waals surface area contributed by atoms with Gasteiger partial charge in [0.25, 0.3) is 0 Å². The van der Waals surface area contributed by atoms with Gasteiger partial charge in [-0.15, -0.1) is 0 Å². The number of benzene rings is 4. The summed E-state index contributed by atoms with van der Waals surface area (Å²) in [6.07, 6.45) is 9.96. The highest BCUT2D eigenvalue weighted by atomic mass is 32.2. The number of likely N-dealkylation sites (N-methyl/N-ethyl adjacent to an activating group) is 1. The van der Waals surface area contributed by atoms with Crippen LogP contribution in [0.1, 0.15) is 55.1 Å². The summed E-state index contributed by atoms with van der Waals surface area (Å²) in [5.41, 5.74) is 7.93. The molecule has 1 aliphatic heterocycles. The molecule has 4 aromatic carbocycles. The Morgan fingerprint density at radius 2 is 1.70 bits per heavy atom. The Morgan fingerprint density at radius 3 is 2.53 bits per heavy atom. The van der Waals surface area contributed by atoms with Gasteiger partial charge in [0.15, 0.2) is 5.78 Å². The third kappa shape index (κ3) is 5.81. The number of nitrogens with zero attached hydrogens (tertiary/aromatic N) is 1. The second kappa shape index (κ2) is 12.4. The molecule has 0 N–H and O–H groups in total. The summed E-state index contributed by atoms with van der Waals surface area (Å²) in [6.45, 7) is 9.61. The number of carbonyl (C=O) groups is 1. The standard InChI is InChI=1S/C42H37NO3S/c1-5-43-36-13-9-8-12-35(36)42(3,4)39(43)23-19-30-16-15-29(18-22-37(44)32-17-14-28-10-6-7-11-31(28)25-32)41(30)47-33-20-21-34-27(2)24-40(45)46-38(34)26-33/h6-14,17-26H,5,15-16H2,1-4H3/b22-18+,30-19+,39-23+. The molecule has 0 unspecified atom stereocenters. The van der Waals surface area contributed by atoms with Gasteiger partial charge in [-0.1, -0.05) is 92.4 Å². The van der Waals surface area contributed by atoms with Gasteiger partial charge in [-0.3, -0.25) is 4.79 Å². The van der Waals surface area contributed by atoms with Crippen LogP contribution in [0.25, 0.3) is 21.7 Å². The second-order valence-corrected chi connectivity index (χ2v) is 13.8. The number of hydrogen-bond donors (Lipinski definition) is 0. The summed E-state index contributed by atoms with van der Waals surface area (Å²) in [4.78, 5) is 30.0. The molecule has 0 bridgehead atoms. The first-order valence-electron chi connectivity index (χ1n) is 16.2. The molecule has 0 spiro atoms. The number of allylic oxidation sites excluding steroid dienone is 7. The molecule has 5 aromatic rings. The maximum Gasteiger partial charge on any atom is 0.336 e. The Hall–Kier alpha value is -4.87. The molecule has 47 heavy (non-hydrogen) atoms. The summed E-state index contributed by atoms with van der Waals surface area (Å²) in [6, 6.07) is 30.2. The Morgan fingerprint density at radius 1 is 0.915 bits per heavy atom. The fourth-order valence-corrected chi connectivity index (χ4v) is 8.05. The van der Waals surface area contributed by atoms with E-state index in [1.807, 2.05) is 61.5 Å². The van der Waals surface area contributed by atoms with Crippen molar-refractivity contribution in [1.82, 2.24) is 0 Å². The van der Waals surface area contributed by atoms with Crippen molar-refractivity contribution < 1.29 is 9.21 Å². The number of carbonyl (C=O) groups excluding carboxylic acids is 1. The Kier molecular flexibility index (Phi) is 8.11. The van der Waals surface area contributed by atoms with Crippen LogP contribution in [-0.2, 0) is 5.41 Å². The molecule has 0 fully saturated rings. The van der Waals surface area contributed by atoms with Crippen LogP contribution < -0.4 is 10.5 Å². The number of ketones is 1. The predicted octanol–water partition coefficient (Wildman–Crippen LogP) is 10.5. The molecule has 0 atom stereocenters. The number of anilines is 1. The van der Waals surface area contributed by atoms with Crippen LogP contribution in [0.15, 0.2) is 151 Å². The number of rotatable bonds is 7. The van der Waals surface area contributed by atoms with E-state index in [4.69, 9.17) is 4.42 Å². The topological polar surface area (TPSA) is 50.5 Å². The molecule has 0 saturated heterocycles. The molecule has 0 saturated carbocycles. The third-order valence-electron chi connectivity index (χ3n) is 9.42. The van der Waals surface area contributed by atoms with Crippen LogP contribution in [0.3, 0.4) is 0 Å². The third-order valence-corrected chi connectivity index (χ3v) is 10.6. The fourth-order valence-electron chi connectivity index (χ4n) is 6.91. The van der Waals surface area contributed by atoms with Crippen molar-refractivity contribution in [3.05, 3.63) is 164 Å². The zero-order chi connectivity index (χ0) is 32.7. The normalized spacial score (nSPS) is 17.6. The van der Waals surface area contributed by atoms with Gasteiger partial charge < -0.3 is 9.32 Å². The van der Waals surface area contributed by atoms with Crippen molar-refractivity contribution in [1.29, 1.82) is 0 Å². The van der Waals surface area contributed by atoms with Gasteiger partial charge in [0.2, 0.25) is 0 Å². The van der Waals surface area contributed by atoms with Crippen molar-refractivity contribution >= 4 is 45.0 Å². The monoisotopic (exact) mass is 635 g/mol. The van der Waals surface area contributed by atoms with Gasteiger partial charge in [-0.05, 0) is 102 Å². The summed E-state index contributed by atoms with van der Waals surface area (Å²) in [7, 11) is 0. The van der Waals surface area contributed by atoms with E-state index in [1.54, 1.807) is 17.8 Å². The Balaban J connectivity index is 1.27. The van der Waals surface area contributed by atoms with Crippen LogP contribution in [0.5, 0.6) is 0 Å². The van der Waals surface area contributed by atoms with E-state index >= 15 is 0 Å². The minimum absolute atomic E-state index is 0.0147. The maximum absolute atomic E-state index is 13.4. The molecule has 2 aliphatic rings. The van der Waals surface area contributed by atoms with Crippen LogP contribution in [0.2, 0.25) is 0 Å². The lowest BCUT2D eigenvalue weighted by Gasteiger charge is -2.26. The summed E-state index contributed by atoms with van der Waals surface area (Å²) < 4.78 is 5.58. The number of hydrogen-bond acceptors (Lipinski definition) is 5. The highest BCUT2D eigenvalue weighted by Gasteiger charge is 2.38. The predicted molar refractivity (Wildman–Crippen MR) is 195 cm³/mol. The number of thioether (sulfide) groups is 1. The number of fused-ring (bicyclic) bond motifs is 3. The van der Waals surface area contributed by atoms with Gasteiger partial charge >= 0.3 is 5.63 Å². The van der Waals surface area contributed by atoms with E-state index in [9.17, 15) is 9.59 Å². The Labute approximate surface area is 279 Å². The van der Waals surface area contributed by atoms with Gasteiger partial charge in [0.1, 0.15) is 5.58 Å². The summed E-state index contributed by atoms with van der Waals surface area (Å²) in [5.74, 6) is -0.0147. The van der Waals surface area contributed by atoms with E-state index in [0.29, 0.717) is 11.1 Å². The highest BCUT2D eigenvalue weighted by molar-refractivity contribution is 8.03. The van der Waals surface area contributed by atoms with Crippen LogP contribution >= 0.6 is 11.8 Å². The molecule has 7 rings (SSSR count). The lowest BCUT2D eigenvalue weighted by Crippen LogP contribution is -2.25. The van der Waals surface area contributed by atoms with Crippen molar-refractivity contribution in [2.24, 2.45) is 0 Å². The van der Waals surface area contributed by atoms with E-state index < -0.39 is 0 Å². The highest BCUT2D eigenvalue weighted by Crippen LogP contribution is 2.48. The molecule has 1 aromatic heterocycles. The van der Waals surface area contributed by atoms with Gasteiger partial charge in [-0.2, -0.15) is 0 Å². The average Bonchev–Trinajstić information content (AvgIpc) is 3.55. The molecule has 5 heteroatoms. The van der Waals surface area contributed by atoms with E-state index in [-0.39, 0.29) is 16.8 Å². The van der Waals surface area contributed by atoms with Crippen molar-refractivity contribution in [3.8, 4) is 0 Å². The molecule has 0 radical (unpaired) electrons. The lowest BCUT2D eigenvalue weighted by atomic mass is 9.83. The smallest absolute Gasteiger partial charge is 0.336 e. The zero-order valence-electron chi connectivity index (χ0n) is 27.2. The molecular formula is C42H37NO3S. The lowest BCUT2D eigenvalue weighted by molar-refractivity contribution is 0.104. The van der Waals surface area contributed by atoms with Crippen molar-refractivity contribution in [2.45, 2.75) is 50.8 Å². The van der Waals surface area contributed by atoms with Gasteiger partial charge in [-0.25, -0.2) is 4.79 Å². The van der Waals surface area contributed by atoms with Crippen LogP contribution in [0, 0.1) is 6.92 Å². The quantitative estimate of drug-likeness (QED) is 0.101. The first-order chi connectivity index (χ1) is 22.7. The second-order valence-electron chi connectivity index (χ2n) is 12.8. The first-order valence-corrected chi connectivity index (χ1v) is 17.0. The molecule has 1 aliphatic carbocycles. The summed E-state index contributed by atoms with van der Waals surface area (Å²) >= 11 is 1.66. The minimum Gasteiger partial charge on any atom is -0.423 e. The first kappa shape index (κ1) is 30.8. The largest absolute Gasteiger partial charge is 0.423 e. The van der Waals surface area contributed by atoms with Gasteiger partial charge in [0.05, 0.1) is 0 Å². The summed E-state index contributed by atoms with van der Waals surface area (Å²) in [5, 5.41) is 3.10. The Bertz CT molecular complexity index is 2250. The molecular weight excluding hydrogens is 599 g/mol. The van der Waals surface area contributed by atoms with E-state index in [2.05, 4.69) is 74.2 Å². The zero-order valence-corrected chi connectivity index (χ0v) is 28.0. The van der Waals surface area contributed by atoms with Crippen molar-refractivity contribution in [3.63, 3.8) is 0 Å². The average molecular weight is 636 g/mol. The van der Waals surface area contributed by atoms with Gasteiger partial charge in [0, 0.05) is 50.2 Å². The number of aryl methyl sites for hydroxylation is 1. The van der Waals surface area contributed by atoms with Crippen LogP contribution in [-0.4, -0.2) is 12.3 Å². The van der Waals surface area contributed by atoms with Crippen molar-refractivity contribution in [2.75, 3.05) is 11.4 Å².